The maximum atomic E-state index is 2.61. The summed E-state index contributed by atoms with van der Waals surface area (Å²) in [6.45, 7) is 2.45. The van der Waals surface area contributed by atoms with Gasteiger partial charge < -0.3 is 15.8 Å². The van der Waals surface area contributed by atoms with Crippen LogP contribution >= 0.6 is 7.92 Å². The summed E-state index contributed by atoms with van der Waals surface area (Å²) in [5.74, 6) is 1.43. The predicted octanol–water partition coefficient (Wildman–Crippen LogP) is -1.36. The fraction of sp³-hybridized carbons (Fsp3) is 0.263. The molecule has 0 amide bonds. The Morgan fingerprint density at radius 2 is 1.83 bits per heavy atom. The Morgan fingerprint density at radius 1 is 1.09 bits per heavy atom. The summed E-state index contributed by atoms with van der Waals surface area (Å²) in [7, 11) is -0.0838. The van der Waals surface area contributed by atoms with Gasteiger partial charge >= 0.3 is 25.8 Å². The van der Waals surface area contributed by atoms with Gasteiger partial charge in [0, 0.05) is 0 Å². The van der Waals surface area contributed by atoms with Crippen LogP contribution in [0.5, 0.6) is 0 Å². The van der Waals surface area contributed by atoms with Crippen LogP contribution in [0.25, 0.3) is 10.8 Å². The smallest absolute Gasteiger partial charge is 1.00 e. The molecule has 0 N–H and O–H groups in total. The fourth-order valence-electron chi connectivity index (χ4n) is 3.54. The summed E-state index contributed by atoms with van der Waals surface area (Å²) in [6.07, 6.45) is 13.1. The Hall–Kier alpha value is -0.530. The van der Waals surface area contributed by atoms with Gasteiger partial charge in [0.1, 0.15) is 0 Å². The van der Waals surface area contributed by atoms with E-state index in [0.29, 0.717) is 5.92 Å². The van der Waals surface area contributed by atoms with Gasteiger partial charge in [0.2, 0.25) is 0 Å². The molecule has 4 rings (SSSR count). The molecule has 0 bridgehead atoms. The van der Waals surface area contributed by atoms with Crippen LogP contribution in [0.15, 0.2) is 60.7 Å². The number of fused-ring (bicyclic) bond motifs is 2. The zero-order valence-corrected chi connectivity index (χ0v) is 17.5. The number of allylic oxidation sites excluding steroid dienone is 4. The van der Waals surface area contributed by atoms with Crippen molar-refractivity contribution in [1.29, 1.82) is 0 Å². The number of hydrogen-bond acceptors (Lipinski definition) is 0. The molecule has 4 atom stereocenters. The normalized spacial score (nSPS) is 25.9. The quantitative estimate of drug-likeness (QED) is 0.275. The molecule has 118 valence electrons. The van der Waals surface area contributed by atoms with Crippen molar-refractivity contribution >= 4 is 24.0 Å². The molecule has 23 heavy (non-hydrogen) atoms. The summed E-state index contributed by atoms with van der Waals surface area (Å²) in [4.78, 5) is 0. The Morgan fingerprint density at radius 3 is 2.57 bits per heavy atom. The second-order valence-corrected chi connectivity index (χ2v) is 8.36. The summed E-state index contributed by atoms with van der Waals surface area (Å²) in [5.41, 5.74) is 0.768. The maximum absolute atomic E-state index is 2.61. The van der Waals surface area contributed by atoms with E-state index >= 15 is 0 Å². The number of hydrogen-bond donors (Lipinski definition) is 0. The van der Waals surface area contributed by atoms with Crippen molar-refractivity contribution in [3.8, 4) is 0 Å². The van der Waals surface area contributed by atoms with Gasteiger partial charge in [-0.15, -0.1) is 65.9 Å². The van der Waals surface area contributed by atoms with E-state index < -0.39 is 0 Å². The zero-order chi connectivity index (χ0) is 13.5. The van der Waals surface area contributed by atoms with E-state index in [1.807, 2.05) is 0 Å². The largest absolute Gasteiger partial charge is 4.00 e. The first kappa shape index (κ1) is 20.5. The standard InChI is InChI=1S/C19H19P.2FH.Hf/c1-20(18-10-14-6-2-3-7-15(14)11-18)19-12-16-8-4-5-9-17(16)13-19;;;/h2-12,16-17,19H,13H2,1H3;2*1H;/q-2;;;+4/p-2. The molecule has 1 fully saturated rings. The van der Waals surface area contributed by atoms with Crippen molar-refractivity contribution in [2.45, 2.75) is 12.1 Å². The molecule has 4 unspecified atom stereocenters. The van der Waals surface area contributed by atoms with Crippen LogP contribution in [0.3, 0.4) is 0 Å². The molecular formula is C19H19F2HfP. The van der Waals surface area contributed by atoms with Crippen molar-refractivity contribution in [3.05, 3.63) is 67.1 Å². The van der Waals surface area contributed by atoms with Crippen molar-refractivity contribution in [1.82, 2.24) is 0 Å². The summed E-state index contributed by atoms with van der Waals surface area (Å²) in [5, 5.41) is 4.35. The van der Waals surface area contributed by atoms with Gasteiger partial charge in [-0.3, -0.25) is 0 Å². The molecule has 0 saturated heterocycles. The van der Waals surface area contributed by atoms with E-state index in [-0.39, 0.29) is 43.2 Å². The average Bonchev–Trinajstić information content (AvgIpc) is 3.10. The maximum Gasteiger partial charge on any atom is 4.00 e. The van der Waals surface area contributed by atoms with E-state index in [2.05, 4.69) is 73.8 Å². The van der Waals surface area contributed by atoms with Crippen LogP contribution in [0.4, 0.5) is 0 Å². The molecule has 2 aromatic carbocycles. The molecular weight excluding hydrogens is 476 g/mol. The van der Waals surface area contributed by atoms with E-state index in [4.69, 9.17) is 0 Å². The Bertz CT molecular complexity index is 638. The Balaban J connectivity index is 0.000000882. The summed E-state index contributed by atoms with van der Waals surface area (Å²) >= 11 is 0. The molecule has 0 heterocycles. The minimum atomic E-state index is -0.0838. The molecule has 1 saturated carbocycles. The first-order valence-corrected chi connectivity index (χ1v) is 9.25. The summed E-state index contributed by atoms with van der Waals surface area (Å²) < 4.78 is 0. The first-order chi connectivity index (χ1) is 9.81. The predicted molar refractivity (Wildman–Crippen MR) is 90.0 cm³/mol. The molecule has 2 aliphatic rings. The second-order valence-electron chi connectivity index (χ2n) is 5.96. The van der Waals surface area contributed by atoms with Crippen LogP contribution in [0, 0.1) is 18.3 Å². The van der Waals surface area contributed by atoms with Gasteiger partial charge in [0.15, 0.2) is 0 Å². The SMILES string of the molecule is CP(c1cc2ccccc2[cH-]1)C1[CH-]C2C=CC=CC2C1.[F-].[F-].[Hf+4]. The molecule has 4 heteroatoms. The third-order valence-electron chi connectivity index (χ3n) is 4.76. The second kappa shape index (κ2) is 8.53. The first-order valence-electron chi connectivity index (χ1n) is 7.39. The molecule has 0 radical (unpaired) electrons. The van der Waals surface area contributed by atoms with Gasteiger partial charge in [-0.2, -0.15) is 6.07 Å². The molecule has 0 spiro atoms. The summed E-state index contributed by atoms with van der Waals surface area (Å²) in [6, 6.07) is 13.5. The average molecular weight is 495 g/mol. The van der Waals surface area contributed by atoms with Crippen molar-refractivity contribution in [2.75, 3.05) is 6.66 Å². The monoisotopic (exact) mass is 496 g/mol. The number of rotatable bonds is 2. The molecule has 0 aromatic heterocycles. The van der Waals surface area contributed by atoms with Crippen molar-refractivity contribution in [2.24, 2.45) is 11.8 Å². The van der Waals surface area contributed by atoms with Gasteiger partial charge in [0.05, 0.1) is 0 Å². The molecule has 0 nitrogen and oxygen atoms in total. The van der Waals surface area contributed by atoms with Crippen LogP contribution in [0.2, 0.25) is 0 Å². The van der Waals surface area contributed by atoms with Gasteiger partial charge in [-0.05, 0) is 12.6 Å². The van der Waals surface area contributed by atoms with Gasteiger partial charge in [-0.1, -0.05) is 30.7 Å². The van der Waals surface area contributed by atoms with E-state index in [1.165, 1.54) is 17.2 Å². The molecule has 2 aromatic rings. The minimum absolute atomic E-state index is 0. The van der Waals surface area contributed by atoms with Crippen LogP contribution in [-0.2, 0) is 25.8 Å². The van der Waals surface area contributed by atoms with Crippen LogP contribution in [-0.4, -0.2) is 12.3 Å². The van der Waals surface area contributed by atoms with E-state index in [1.54, 1.807) is 5.30 Å². The fourth-order valence-corrected chi connectivity index (χ4v) is 5.63. The van der Waals surface area contributed by atoms with E-state index in [9.17, 15) is 0 Å². The van der Waals surface area contributed by atoms with Gasteiger partial charge in [0.25, 0.3) is 0 Å². The van der Waals surface area contributed by atoms with Crippen molar-refractivity contribution < 1.29 is 35.3 Å². The molecule has 0 aliphatic heterocycles. The number of halogens is 2. The van der Waals surface area contributed by atoms with Crippen LogP contribution in [0.1, 0.15) is 6.42 Å². The molecule has 2 aliphatic carbocycles. The zero-order valence-electron chi connectivity index (χ0n) is 13.0. The van der Waals surface area contributed by atoms with E-state index in [0.717, 1.165) is 11.6 Å². The minimum Gasteiger partial charge on any atom is -1.00 e. The van der Waals surface area contributed by atoms with Crippen molar-refractivity contribution in [3.63, 3.8) is 0 Å². The van der Waals surface area contributed by atoms with Crippen LogP contribution < -0.4 is 14.7 Å². The topological polar surface area (TPSA) is 0 Å². The Labute approximate surface area is 156 Å². The van der Waals surface area contributed by atoms with Gasteiger partial charge in [-0.25, -0.2) is 0 Å². The third-order valence-corrected chi connectivity index (χ3v) is 7.21. The Kier molecular flexibility index (Phi) is 7.61. The number of benzene rings is 1. The third kappa shape index (κ3) is 3.94.